The molecular weight excluding hydrogens is 276 g/mol. The van der Waals surface area contributed by atoms with Gasteiger partial charge in [-0.05, 0) is 36.1 Å². The Kier molecular flexibility index (Phi) is 3.92. The van der Waals surface area contributed by atoms with Crippen molar-refractivity contribution in [1.29, 1.82) is 0 Å². The van der Waals surface area contributed by atoms with Crippen molar-refractivity contribution in [3.63, 3.8) is 0 Å². The molecule has 0 saturated heterocycles. The number of nitrogens with one attached hydrogen (secondary N) is 2. The molecule has 0 aliphatic heterocycles. The molecule has 1 aliphatic rings. The van der Waals surface area contributed by atoms with Crippen molar-refractivity contribution >= 4 is 23.2 Å². The van der Waals surface area contributed by atoms with Crippen LogP contribution in [-0.4, -0.2) is 11.8 Å². The fourth-order valence-electron chi connectivity index (χ4n) is 2.67. The molecule has 2 aromatic rings. The maximum Gasteiger partial charge on any atom is 0.228 e. The SMILES string of the molecule is CC(=O)Nc1cccc(NC(=O)C2CC2c2ccccc2)c1. The van der Waals surface area contributed by atoms with Gasteiger partial charge in [-0.1, -0.05) is 36.4 Å². The lowest BCUT2D eigenvalue weighted by Gasteiger charge is -2.08. The summed E-state index contributed by atoms with van der Waals surface area (Å²) in [4.78, 5) is 23.4. The van der Waals surface area contributed by atoms with Crippen molar-refractivity contribution in [3.05, 3.63) is 60.2 Å². The summed E-state index contributed by atoms with van der Waals surface area (Å²) in [6.45, 7) is 1.46. The molecule has 22 heavy (non-hydrogen) atoms. The number of amides is 2. The van der Waals surface area contributed by atoms with Crippen LogP contribution in [0.1, 0.15) is 24.8 Å². The van der Waals surface area contributed by atoms with Crippen LogP contribution in [0.25, 0.3) is 0 Å². The molecule has 2 atom stereocenters. The van der Waals surface area contributed by atoms with E-state index in [-0.39, 0.29) is 17.7 Å². The van der Waals surface area contributed by atoms with E-state index in [0.29, 0.717) is 17.3 Å². The monoisotopic (exact) mass is 294 g/mol. The van der Waals surface area contributed by atoms with Gasteiger partial charge < -0.3 is 10.6 Å². The second kappa shape index (κ2) is 6.02. The van der Waals surface area contributed by atoms with Crippen molar-refractivity contribution in [1.82, 2.24) is 0 Å². The van der Waals surface area contributed by atoms with Crippen LogP contribution < -0.4 is 10.6 Å². The van der Waals surface area contributed by atoms with E-state index in [1.807, 2.05) is 30.3 Å². The number of benzene rings is 2. The summed E-state index contributed by atoms with van der Waals surface area (Å²) < 4.78 is 0. The predicted octanol–water partition coefficient (Wildman–Crippen LogP) is 3.39. The first-order chi connectivity index (χ1) is 10.6. The molecule has 0 radical (unpaired) electrons. The number of hydrogen-bond donors (Lipinski definition) is 2. The third-order valence-electron chi connectivity index (χ3n) is 3.81. The summed E-state index contributed by atoms with van der Waals surface area (Å²) in [5, 5.41) is 5.63. The smallest absolute Gasteiger partial charge is 0.228 e. The first kappa shape index (κ1) is 14.3. The molecule has 4 heteroatoms. The van der Waals surface area contributed by atoms with E-state index < -0.39 is 0 Å². The Balaban J connectivity index is 1.62. The van der Waals surface area contributed by atoms with E-state index >= 15 is 0 Å². The van der Waals surface area contributed by atoms with Crippen LogP contribution in [0.2, 0.25) is 0 Å². The molecule has 1 saturated carbocycles. The zero-order valence-electron chi connectivity index (χ0n) is 12.4. The molecule has 2 amide bonds. The van der Waals surface area contributed by atoms with Gasteiger partial charge in [-0.15, -0.1) is 0 Å². The van der Waals surface area contributed by atoms with E-state index in [1.165, 1.54) is 12.5 Å². The fourth-order valence-corrected chi connectivity index (χ4v) is 2.67. The van der Waals surface area contributed by atoms with Gasteiger partial charge in [0.2, 0.25) is 11.8 Å². The Morgan fingerprint density at radius 1 is 0.955 bits per heavy atom. The predicted molar refractivity (Wildman–Crippen MR) is 86.7 cm³/mol. The van der Waals surface area contributed by atoms with E-state index in [0.717, 1.165) is 6.42 Å². The number of carbonyl (C=O) groups excluding carboxylic acids is 2. The van der Waals surface area contributed by atoms with Gasteiger partial charge in [-0.3, -0.25) is 9.59 Å². The zero-order chi connectivity index (χ0) is 15.5. The van der Waals surface area contributed by atoms with E-state index in [4.69, 9.17) is 0 Å². The van der Waals surface area contributed by atoms with Crippen molar-refractivity contribution < 1.29 is 9.59 Å². The molecule has 3 rings (SSSR count). The van der Waals surface area contributed by atoms with Gasteiger partial charge in [-0.25, -0.2) is 0 Å². The van der Waals surface area contributed by atoms with Crippen LogP contribution in [0.3, 0.4) is 0 Å². The lowest BCUT2D eigenvalue weighted by molar-refractivity contribution is -0.117. The maximum absolute atomic E-state index is 12.3. The Morgan fingerprint density at radius 2 is 1.64 bits per heavy atom. The van der Waals surface area contributed by atoms with Crippen molar-refractivity contribution in [2.75, 3.05) is 10.6 Å². The summed E-state index contributed by atoms with van der Waals surface area (Å²) in [6.07, 6.45) is 0.890. The van der Waals surface area contributed by atoms with E-state index in [2.05, 4.69) is 22.8 Å². The normalized spacial score (nSPS) is 19.3. The topological polar surface area (TPSA) is 58.2 Å². The molecule has 0 bridgehead atoms. The summed E-state index contributed by atoms with van der Waals surface area (Å²) in [5.74, 6) is 0.259. The average Bonchev–Trinajstić information content (AvgIpc) is 3.28. The molecule has 1 aliphatic carbocycles. The van der Waals surface area contributed by atoms with Crippen LogP contribution >= 0.6 is 0 Å². The van der Waals surface area contributed by atoms with Crippen molar-refractivity contribution in [2.24, 2.45) is 5.92 Å². The molecule has 0 spiro atoms. The Bertz CT molecular complexity index is 697. The van der Waals surface area contributed by atoms with Crippen molar-refractivity contribution in [2.45, 2.75) is 19.3 Å². The highest BCUT2D eigenvalue weighted by atomic mass is 16.2. The third-order valence-corrected chi connectivity index (χ3v) is 3.81. The largest absolute Gasteiger partial charge is 0.326 e. The fraction of sp³-hybridized carbons (Fsp3) is 0.222. The molecule has 112 valence electrons. The van der Waals surface area contributed by atoms with Gasteiger partial charge in [0.05, 0.1) is 0 Å². The second-order valence-electron chi connectivity index (χ2n) is 5.61. The zero-order valence-corrected chi connectivity index (χ0v) is 12.4. The summed E-state index contributed by atoms with van der Waals surface area (Å²) in [6, 6.07) is 17.3. The van der Waals surface area contributed by atoms with Gasteiger partial charge in [0.15, 0.2) is 0 Å². The second-order valence-corrected chi connectivity index (χ2v) is 5.61. The first-order valence-electron chi connectivity index (χ1n) is 7.37. The van der Waals surface area contributed by atoms with Crippen LogP contribution in [0, 0.1) is 5.92 Å². The average molecular weight is 294 g/mol. The molecule has 2 unspecified atom stereocenters. The number of carbonyl (C=O) groups is 2. The van der Waals surface area contributed by atoms with E-state index in [1.54, 1.807) is 12.1 Å². The standard InChI is InChI=1S/C18H18N2O2/c1-12(21)19-14-8-5-9-15(10-14)20-18(22)17-11-16(17)13-6-3-2-4-7-13/h2-10,16-17H,11H2,1H3,(H,19,21)(H,20,22). The van der Waals surface area contributed by atoms with Gasteiger partial charge in [0.1, 0.15) is 0 Å². The Morgan fingerprint density at radius 3 is 2.32 bits per heavy atom. The summed E-state index contributed by atoms with van der Waals surface area (Å²) in [5.41, 5.74) is 2.60. The molecule has 2 aromatic carbocycles. The lowest BCUT2D eigenvalue weighted by atomic mass is 10.1. The molecule has 0 aromatic heterocycles. The van der Waals surface area contributed by atoms with Gasteiger partial charge in [-0.2, -0.15) is 0 Å². The molecular formula is C18H18N2O2. The molecule has 1 fully saturated rings. The maximum atomic E-state index is 12.3. The third kappa shape index (κ3) is 3.34. The van der Waals surface area contributed by atoms with Gasteiger partial charge in [0.25, 0.3) is 0 Å². The molecule has 4 nitrogen and oxygen atoms in total. The number of rotatable bonds is 4. The molecule has 0 heterocycles. The lowest BCUT2D eigenvalue weighted by Crippen LogP contribution is -2.15. The van der Waals surface area contributed by atoms with Crippen LogP contribution in [-0.2, 0) is 9.59 Å². The summed E-state index contributed by atoms with van der Waals surface area (Å²) in [7, 11) is 0. The Hall–Kier alpha value is -2.62. The molecule has 2 N–H and O–H groups in total. The van der Waals surface area contributed by atoms with Crippen LogP contribution in [0.15, 0.2) is 54.6 Å². The summed E-state index contributed by atoms with van der Waals surface area (Å²) >= 11 is 0. The quantitative estimate of drug-likeness (QED) is 0.908. The highest BCUT2D eigenvalue weighted by Crippen LogP contribution is 2.47. The van der Waals surface area contributed by atoms with Gasteiger partial charge in [0, 0.05) is 24.2 Å². The van der Waals surface area contributed by atoms with Crippen molar-refractivity contribution in [3.8, 4) is 0 Å². The minimum absolute atomic E-state index is 0.0341. The van der Waals surface area contributed by atoms with E-state index in [9.17, 15) is 9.59 Å². The van der Waals surface area contributed by atoms with Crippen LogP contribution in [0.5, 0.6) is 0 Å². The van der Waals surface area contributed by atoms with Gasteiger partial charge >= 0.3 is 0 Å². The highest BCUT2D eigenvalue weighted by molar-refractivity contribution is 5.96. The highest BCUT2D eigenvalue weighted by Gasteiger charge is 2.43. The minimum atomic E-state index is -0.130. The van der Waals surface area contributed by atoms with Crippen LogP contribution in [0.4, 0.5) is 11.4 Å². The number of hydrogen-bond acceptors (Lipinski definition) is 2. The first-order valence-corrected chi connectivity index (χ1v) is 7.37. The minimum Gasteiger partial charge on any atom is -0.326 e. The number of anilines is 2. The Labute approximate surface area is 129 Å².